The molecule has 2 N–H and O–H groups in total. The van der Waals surface area contributed by atoms with Gasteiger partial charge < -0.3 is 10.6 Å². The van der Waals surface area contributed by atoms with Crippen LogP contribution in [0.25, 0.3) is 5.69 Å². The minimum atomic E-state index is -0.00426. The number of carbonyl (C=O) groups is 1. The van der Waals surface area contributed by atoms with E-state index in [9.17, 15) is 4.79 Å². The molecule has 0 bridgehead atoms. The minimum Gasteiger partial charge on any atom is -0.397 e. The molecule has 2 aromatic rings. The first kappa shape index (κ1) is 14.0. The average molecular weight is 302 g/mol. The number of anilines is 1. The van der Waals surface area contributed by atoms with Gasteiger partial charge in [0.1, 0.15) is 0 Å². The van der Waals surface area contributed by atoms with Gasteiger partial charge in [-0.1, -0.05) is 19.1 Å². The van der Waals surface area contributed by atoms with Crippen LogP contribution in [0.4, 0.5) is 5.69 Å². The number of nitrogen functional groups attached to an aromatic ring is 1. The van der Waals surface area contributed by atoms with Crippen LogP contribution in [0.15, 0.2) is 36.5 Å². The lowest BCUT2D eigenvalue weighted by atomic mass is 10.3. The second kappa shape index (κ2) is 5.81. The Balaban J connectivity index is 1.82. The topological polar surface area (TPSA) is 64.2 Å². The summed E-state index contributed by atoms with van der Waals surface area (Å²) in [7, 11) is 0. The quantitative estimate of drug-likeness (QED) is 0.862. The predicted molar refractivity (Wildman–Crippen MR) is 85.8 cm³/mol. The summed E-state index contributed by atoms with van der Waals surface area (Å²) in [5.74, 6) is 0.981. The molecule has 1 unspecified atom stereocenters. The molecule has 6 heteroatoms. The lowest BCUT2D eigenvalue weighted by Crippen LogP contribution is -2.41. The van der Waals surface area contributed by atoms with Gasteiger partial charge in [0.25, 0.3) is 5.91 Å². The monoisotopic (exact) mass is 302 g/mol. The zero-order valence-corrected chi connectivity index (χ0v) is 12.7. The molecule has 1 amide bonds. The number of thioether (sulfide) groups is 1. The number of benzene rings is 1. The van der Waals surface area contributed by atoms with Gasteiger partial charge in [-0.2, -0.15) is 16.9 Å². The third-order valence-corrected chi connectivity index (χ3v) is 4.66. The first-order valence-electron chi connectivity index (χ1n) is 6.96. The molecule has 110 valence electrons. The molecule has 21 heavy (non-hydrogen) atoms. The first-order valence-corrected chi connectivity index (χ1v) is 8.01. The van der Waals surface area contributed by atoms with Crippen LogP contribution in [-0.4, -0.2) is 44.7 Å². The van der Waals surface area contributed by atoms with E-state index in [1.165, 1.54) is 0 Å². The molecule has 3 rings (SSSR count). The zero-order valence-electron chi connectivity index (χ0n) is 11.9. The van der Waals surface area contributed by atoms with Crippen molar-refractivity contribution in [3.8, 4) is 5.69 Å². The van der Waals surface area contributed by atoms with Crippen LogP contribution >= 0.6 is 11.8 Å². The molecule has 0 spiro atoms. The Morgan fingerprint density at radius 3 is 2.95 bits per heavy atom. The number of amides is 1. The molecule has 0 radical (unpaired) electrons. The van der Waals surface area contributed by atoms with Crippen molar-refractivity contribution in [2.24, 2.45) is 0 Å². The average Bonchev–Trinajstić information content (AvgIpc) is 2.96. The van der Waals surface area contributed by atoms with Crippen LogP contribution in [-0.2, 0) is 0 Å². The number of rotatable bonds is 2. The molecule has 5 nitrogen and oxygen atoms in total. The maximum absolute atomic E-state index is 12.5. The molecular formula is C15H18N4OS. The highest BCUT2D eigenvalue weighted by Gasteiger charge is 2.24. The van der Waals surface area contributed by atoms with E-state index in [-0.39, 0.29) is 5.91 Å². The SMILES string of the molecule is CC1CN(C(=O)c2ccn(-c3ccccc3N)n2)CCS1. The summed E-state index contributed by atoms with van der Waals surface area (Å²) in [6.45, 7) is 3.71. The number of nitrogens with zero attached hydrogens (tertiary/aromatic N) is 3. The van der Waals surface area contributed by atoms with E-state index < -0.39 is 0 Å². The number of nitrogens with two attached hydrogens (primary N) is 1. The Morgan fingerprint density at radius 1 is 1.38 bits per heavy atom. The molecule has 0 saturated carbocycles. The van der Waals surface area contributed by atoms with Crippen LogP contribution in [0.3, 0.4) is 0 Å². The van der Waals surface area contributed by atoms with Crippen molar-refractivity contribution in [2.75, 3.05) is 24.6 Å². The van der Waals surface area contributed by atoms with Crippen molar-refractivity contribution in [1.29, 1.82) is 0 Å². The number of carbonyl (C=O) groups excluding carboxylic acids is 1. The zero-order chi connectivity index (χ0) is 14.8. The second-order valence-electron chi connectivity index (χ2n) is 5.14. The van der Waals surface area contributed by atoms with Crippen molar-refractivity contribution < 1.29 is 4.79 Å². The Labute approximate surface area is 128 Å². The number of para-hydroxylation sites is 2. The van der Waals surface area contributed by atoms with Crippen molar-refractivity contribution >= 4 is 23.4 Å². The van der Waals surface area contributed by atoms with E-state index in [2.05, 4.69) is 12.0 Å². The van der Waals surface area contributed by atoms with Crippen LogP contribution in [0.5, 0.6) is 0 Å². The molecule has 1 saturated heterocycles. The lowest BCUT2D eigenvalue weighted by molar-refractivity contribution is 0.0757. The van der Waals surface area contributed by atoms with Gasteiger partial charge in [0, 0.05) is 30.3 Å². The maximum Gasteiger partial charge on any atom is 0.274 e. The standard InChI is InChI=1S/C15H18N4OS/c1-11-10-18(8-9-21-11)15(20)13-6-7-19(17-13)14-5-3-2-4-12(14)16/h2-7,11H,8-10,16H2,1H3. The highest BCUT2D eigenvalue weighted by molar-refractivity contribution is 7.99. The largest absolute Gasteiger partial charge is 0.397 e. The van der Waals surface area contributed by atoms with Gasteiger partial charge in [-0.3, -0.25) is 4.79 Å². The number of hydrogen-bond donors (Lipinski definition) is 1. The van der Waals surface area contributed by atoms with Crippen LogP contribution in [0, 0.1) is 0 Å². The van der Waals surface area contributed by atoms with Gasteiger partial charge in [-0.05, 0) is 18.2 Å². The molecular weight excluding hydrogens is 284 g/mol. The van der Waals surface area contributed by atoms with Gasteiger partial charge >= 0.3 is 0 Å². The smallest absolute Gasteiger partial charge is 0.274 e. The Bertz CT molecular complexity index is 655. The Morgan fingerprint density at radius 2 is 2.19 bits per heavy atom. The fraction of sp³-hybridized carbons (Fsp3) is 0.333. The summed E-state index contributed by atoms with van der Waals surface area (Å²) in [6, 6.07) is 9.24. The Kier molecular flexibility index (Phi) is 3.88. The molecule has 2 heterocycles. The minimum absolute atomic E-state index is 0.00426. The molecule has 1 atom stereocenters. The Hall–Kier alpha value is -1.95. The fourth-order valence-electron chi connectivity index (χ4n) is 2.43. The summed E-state index contributed by atoms with van der Waals surface area (Å²) >= 11 is 1.90. The van der Waals surface area contributed by atoms with Crippen molar-refractivity contribution in [3.05, 3.63) is 42.2 Å². The molecule has 1 fully saturated rings. The van der Waals surface area contributed by atoms with Crippen LogP contribution in [0.2, 0.25) is 0 Å². The van der Waals surface area contributed by atoms with Gasteiger partial charge in [-0.15, -0.1) is 0 Å². The normalized spacial score (nSPS) is 18.7. The maximum atomic E-state index is 12.5. The summed E-state index contributed by atoms with van der Waals surface area (Å²) in [4.78, 5) is 14.4. The molecule has 0 aliphatic carbocycles. The van der Waals surface area contributed by atoms with Gasteiger partial charge in [0.05, 0.1) is 11.4 Å². The van der Waals surface area contributed by atoms with Crippen LogP contribution in [0.1, 0.15) is 17.4 Å². The molecule has 1 aromatic carbocycles. The van der Waals surface area contributed by atoms with Gasteiger partial charge in [0.15, 0.2) is 5.69 Å². The van der Waals surface area contributed by atoms with E-state index in [4.69, 9.17) is 5.73 Å². The third-order valence-electron chi connectivity index (χ3n) is 3.52. The first-order chi connectivity index (χ1) is 10.1. The van der Waals surface area contributed by atoms with Crippen molar-refractivity contribution in [1.82, 2.24) is 14.7 Å². The summed E-state index contributed by atoms with van der Waals surface area (Å²) < 4.78 is 1.66. The van der Waals surface area contributed by atoms with Crippen molar-refractivity contribution in [2.45, 2.75) is 12.2 Å². The van der Waals surface area contributed by atoms with E-state index in [1.54, 1.807) is 16.9 Å². The highest BCUT2D eigenvalue weighted by Crippen LogP contribution is 2.20. The number of hydrogen-bond acceptors (Lipinski definition) is 4. The highest BCUT2D eigenvalue weighted by atomic mass is 32.2. The van der Waals surface area contributed by atoms with E-state index in [0.29, 0.717) is 16.6 Å². The summed E-state index contributed by atoms with van der Waals surface area (Å²) in [5, 5.41) is 4.86. The third kappa shape index (κ3) is 2.90. The fourth-order valence-corrected chi connectivity index (χ4v) is 3.45. The van der Waals surface area contributed by atoms with E-state index in [1.807, 2.05) is 40.9 Å². The second-order valence-corrected chi connectivity index (χ2v) is 6.68. The molecule has 1 aliphatic heterocycles. The molecule has 1 aliphatic rings. The predicted octanol–water partition coefficient (Wildman–Crippen LogP) is 2.03. The number of aromatic nitrogens is 2. The van der Waals surface area contributed by atoms with E-state index >= 15 is 0 Å². The molecule has 1 aromatic heterocycles. The summed E-state index contributed by atoms with van der Waals surface area (Å²) in [5.41, 5.74) is 7.84. The van der Waals surface area contributed by atoms with Crippen LogP contribution < -0.4 is 5.73 Å². The summed E-state index contributed by atoms with van der Waals surface area (Å²) in [6.07, 6.45) is 1.78. The van der Waals surface area contributed by atoms with Crippen molar-refractivity contribution in [3.63, 3.8) is 0 Å². The lowest BCUT2D eigenvalue weighted by Gasteiger charge is -2.29. The van der Waals surface area contributed by atoms with E-state index in [0.717, 1.165) is 24.5 Å². The van der Waals surface area contributed by atoms with Gasteiger partial charge in [-0.25, -0.2) is 4.68 Å². The van der Waals surface area contributed by atoms with Gasteiger partial charge in [0.2, 0.25) is 0 Å².